The minimum atomic E-state index is -4.40. The summed E-state index contributed by atoms with van der Waals surface area (Å²) in [4.78, 5) is 10.6. The van der Waals surface area contributed by atoms with Gasteiger partial charge in [0.1, 0.15) is 6.04 Å². The lowest BCUT2D eigenvalue weighted by Gasteiger charge is -2.12. The minimum absolute atomic E-state index is 0.0172. The topological polar surface area (TPSA) is 81.1 Å². The molecule has 0 spiro atoms. The molecular formula is C10H12F3N3O. The lowest BCUT2D eigenvalue weighted by Crippen LogP contribution is -2.41. The molecule has 0 radical (unpaired) electrons. The number of halogens is 3. The number of nitrogens with one attached hydrogen (secondary N) is 1. The molecular weight excluding hydrogens is 235 g/mol. The predicted octanol–water partition coefficient (Wildman–Crippen LogP) is 0.930. The number of amides is 1. The Morgan fingerprint density at radius 3 is 2.59 bits per heavy atom. The second-order valence-corrected chi connectivity index (χ2v) is 3.47. The summed E-state index contributed by atoms with van der Waals surface area (Å²) in [6, 6.07) is 3.67. The molecule has 4 nitrogen and oxygen atoms in total. The molecule has 94 valence electrons. The SMILES string of the molecule is NC(=O)C(N)CNc1cccc(C(F)(F)F)c1. The molecule has 0 saturated heterocycles. The van der Waals surface area contributed by atoms with Crippen molar-refractivity contribution in [3.63, 3.8) is 0 Å². The molecule has 5 N–H and O–H groups in total. The number of rotatable bonds is 4. The van der Waals surface area contributed by atoms with Gasteiger partial charge in [0.25, 0.3) is 0 Å². The van der Waals surface area contributed by atoms with Gasteiger partial charge in [0, 0.05) is 12.2 Å². The number of carbonyl (C=O) groups is 1. The maximum Gasteiger partial charge on any atom is 0.416 e. The number of hydrogen-bond donors (Lipinski definition) is 3. The van der Waals surface area contributed by atoms with Gasteiger partial charge in [0.2, 0.25) is 5.91 Å². The molecule has 0 fully saturated rings. The maximum absolute atomic E-state index is 12.4. The molecule has 1 rings (SSSR count). The van der Waals surface area contributed by atoms with E-state index in [2.05, 4.69) is 5.32 Å². The average molecular weight is 247 g/mol. The summed E-state index contributed by atoms with van der Waals surface area (Å²) in [6.07, 6.45) is -4.40. The van der Waals surface area contributed by atoms with E-state index >= 15 is 0 Å². The lowest BCUT2D eigenvalue weighted by atomic mass is 10.2. The number of alkyl halides is 3. The zero-order valence-corrected chi connectivity index (χ0v) is 8.79. The van der Waals surface area contributed by atoms with Gasteiger partial charge in [-0.05, 0) is 18.2 Å². The van der Waals surface area contributed by atoms with E-state index < -0.39 is 23.7 Å². The molecule has 1 unspecified atom stereocenters. The van der Waals surface area contributed by atoms with Gasteiger partial charge >= 0.3 is 6.18 Å². The molecule has 0 aliphatic rings. The minimum Gasteiger partial charge on any atom is -0.383 e. The normalized spacial score (nSPS) is 13.2. The highest BCUT2D eigenvalue weighted by Gasteiger charge is 2.30. The van der Waals surface area contributed by atoms with Gasteiger partial charge in [-0.2, -0.15) is 13.2 Å². The van der Waals surface area contributed by atoms with Crippen molar-refractivity contribution in [1.82, 2.24) is 0 Å². The van der Waals surface area contributed by atoms with Gasteiger partial charge < -0.3 is 16.8 Å². The Bertz CT molecular complexity index is 406. The summed E-state index contributed by atoms with van der Waals surface area (Å²) < 4.78 is 37.1. The number of benzene rings is 1. The second kappa shape index (κ2) is 5.05. The van der Waals surface area contributed by atoms with Gasteiger partial charge in [-0.15, -0.1) is 0 Å². The number of nitrogens with two attached hydrogens (primary N) is 2. The highest BCUT2D eigenvalue weighted by Crippen LogP contribution is 2.30. The Morgan fingerprint density at radius 1 is 1.41 bits per heavy atom. The Kier molecular flexibility index (Phi) is 3.95. The average Bonchev–Trinajstić information content (AvgIpc) is 2.25. The van der Waals surface area contributed by atoms with Crippen LogP contribution in [0.1, 0.15) is 5.56 Å². The first-order chi connectivity index (χ1) is 7.80. The van der Waals surface area contributed by atoms with Crippen LogP contribution in [-0.4, -0.2) is 18.5 Å². The third-order valence-corrected chi connectivity index (χ3v) is 2.08. The van der Waals surface area contributed by atoms with Crippen LogP contribution >= 0.6 is 0 Å². The molecule has 1 aromatic carbocycles. The molecule has 17 heavy (non-hydrogen) atoms. The van der Waals surface area contributed by atoms with E-state index in [1.54, 1.807) is 0 Å². The molecule has 1 atom stereocenters. The van der Waals surface area contributed by atoms with E-state index in [1.807, 2.05) is 0 Å². The molecule has 0 heterocycles. The van der Waals surface area contributed by atoms with Gasteiger partial charge in [-0.25, -0.2) is 0 Å². The zero-order valence-electron chi connectivity index (χ0n) is 8.79. The van der Waals surface area contributed by atoms with Crippen molar-refractivity contribution in [2.75, 3.05) is 11.9 Å². The zero-order chi connectivity index (χ0) is 13.1. The third kappa shape index (κ3) is 3.95. The fraction of sp³-hybridized carbons (Fsp3) is 0.300. The van der Waals surface area contributed by atoms with Gasteiger partial charge in [-0.1, -0.05) is 6.07 Å². The maximum atomic E-state index is 12.4. The fourth-order valence-electron chi connectivity index (χ4n) is 1.13. The van der Waals surface area contributed by atoms with Crippen LogP contribution in [0.5, 0.6) is 0 Å². The molecule has 0 aliphatic carbocycles. The van der Waals surface area contributed by atoms with E-state index in [4.69, 9.17) is 11.5 Å². The van der Waals surface area contributed by atoms with Crippen molar-refractivity contribution in [3.8, 4) is 0 Å². The predicted molar refractivity (Wildman–Crippen MR) is 57.1 cm³/mol. The lowest BCUT2D eigenvalue weighted by molar-refractivity contribution is -0.137. The van der Waals surface area contributed by atoms with E-state index in [9.17, 15) is 18.0 Å². The van der Waals surface area contributed by atoms with Crippen molar-refractivity contribution in [3.05, 3.63) is 29.8 Å². The summed E-state index contributed by atoms with van der Waals surface area (Å²) in [6.45, 7) is -0.0172. The van der Waals surface area contributed by atoms with Crippen molar-refractivity contribution in [2.45, 2.75) is 12.2 Å². The number of anilines is 1. The van der Waals surface area contributed by atoms with Crippen LogP contribution in [0.3, 0.4) is 0 Å². The Balaban J connectivity index is 2.70. The molecule has 0 saturated carbocycles. The smallest absolute Gasteiger partial charge is 0.383 e. The van der Waals surface area contributed by atoms with Crippen molar-refractivity contribution in [2.24, 2.45) is 11.5 Å². The number of hydrogen-bond acceptors (Lipinski definition) is 3. The summed E-state index contributed by atoms with van der Waals surface area (Å²) >= 11 is 0. The molecule has 7 heteroatoms. The van der Waals surface area contributed by atoms with E-state index in [0.29, 0.717) is 0 Å². The standard InChI is InChI=1S/C10H12F3N3O/c11-10(12,13)6-2-1-3-7(4-6)16-5-8(14)9(15)17/h1-4,8,16H,5,14H2,(H2,15,17). The first kappa shape index (κ1) is 13.3. The van der Waals surface area contributed by atoms with Crippen LogP contribution in [0.25, 0.3) is 0 Å². The summed E-state index contributed by atoms with van der Waals surface area (Å²) in [5.74, 6) is -0.718. The molecule has 0 aromatic heterocycles. The van der Waals surface area contributed by atoms with Gasteiger partial charge in [0.15, 0.2) is 0 Å². The summed E-state index contributed by atoms with van der Waals surface area (Å²) in [7, 11) is 0. The second-order valence-electron chi connectivity index (χ2n) is 3.47. The Labute approximate surface area is 95.8 Å². The van der Waals surface area contributed by atoms with E-state index in [1.165, 1.54) is 12.1 Å². The number of carbonyl (C=O) groups excluding carboxylic acids is 1. The van der Waals surface area contributed by atoms with Crippen LogP contribution in [0.4, 0.5) is 18.9 Å². The van der Waals surface area contributed by atoms with Gasteiger partial charge in [0.05, 0.1) is 5.56 Å². The number of primary amides is 1. The monoisotopic (exact) mass is 247 g/mol. The first-order valence-corrected chi connectivity index (χ1v) is 4.76. The van der Waals surface area contributed by atoms with Crippen LogP contribution in [0.15, 0.2) is 24.3 Å². The van der Waals surface area contributed by atoms with Crippen LogP contribution in [-0.2, 0) is 11.0 Å². The van der Waals surface area contributed by atoms with Crippen molar-refractivity contribution < 1.29 is 18.0 Å². The Morgan fingerprint density at radius 2 is 2.06 bits per heavy atom. The van der Waals surface area contributed by atoms with Crippen LogP contribution < -0.4 is 16.8 Å². The van der Waals surface area contributed by atoms with Gasteiger partial charge in [-0.3, -0.25) is 4.79 Å². The first-order valence-electron chi connectivity index (χ1n) is 4.76. The highest BCUT2D eigenvalue weighted by molar-refractivity contribution is 5.80. The molecule has 0 bridgehead atoms. The third-order valence-electron chi connectivity index (χ3n) is 2.08. The van der Waals surface area contributed by atoms with E-state index in [-0.39, 0.29) is 12.2 Å². The van der Waals surface area contributed by atoms with Crippen molar-refractivity contribution in [1.29, 1.82) is 0 Å². The summed E-state index contributed by atoms with van der Waals surface area (Å²) in [5, 5.41) is 2.61. The van der Waals surface area contributed by atoms with E-state index in [0.717, 1.165) is 12.1 Å². The van der Waals surface area contributed by atoms with Crippen molar-refractivity contribution >= 4 is 11.6 Å². The molecule has 1 amide bonds. The molecule has 0 aliphatic heterocycles. The molecule has 1 aromatic rings. The van der Waals surface area contributed by atoms with Crippen LogP contribution in [0, 0.1) is 0 Å². The quantitative estimate of drug-likeness (QED) is 0.740. The van der Waals surface area contributed by atoms with Crippen LogP contribution in [0.2, 0.25) is 0 Å². The Hall–Kier alpha value is -1.76. The summed E-state index contributed by atoms with van der Waals surface area (Å²) in [5.41, 5.74) is 9.71. The largest absolute Gasteiger partial charge is 0.416 e. The highest BCUT2D eigenvalue weighted by atomic mass is 19.4. The fourth-order valence-corrected chi connectivity index (χ4v) is 1.13.